The van der Waals surface area contributed by atoms with Gasteiger partial charge in [0.2, 0.25) is 0 Å². The van der Waals surface area contributed by atoms with Crippen LogP contribution in [0.5, 0.6) is 5.75 Å². The summed E-state index contributed by atoms with van der Waals surface area (Å²) in [6.45, 7) is 1.95. The molecule has 1 aliphatic rings. The lowest BCUT2D eigenvalue weighted by Gasteiger charge is -2.24. The fraction of sp³-hybridized carbons (Fsp3) is 0.409. The average Bonchev–Trinajstić information content (AvgIpc) is 2.65. The maximum atomic E-state index is 12.9. The predicted octanol–water partition coefficient (Wildman–Crippen LogP) is 6.15. The molecule has 144 valence electrons. The quantitative estimate of drug-likeness (QED) is 0.585. The fourth-order valence-electron chi connectivity index (χ4n) is 3.40. The second-order valence-corrected chi connectivity index (χ2v) is 7.16. The van der Waals surface area contributed by atoms with Crippen LogP contribution in [-0.4, -0.2) is 11.9 Å². The second-order valence-electron chi connectivity index (χ2n) is 7.16. The van der Waals surface area contributed by atoms with Crippen molar-refractivity contribution < 1.29 is 22.7 Å². The molecule has 1 aliphatic carbocycles. The monoisotopic (exact) mass is 376 g/mol. The Balaban J connectivity index is 1.73. The first kappa shape index (κ1) is 19.5. The smallest absolute Gasteiger partial charge is 0.416 e. The summed E-state index contributed by atoms with van der Waals surface area (Å²) in [4.78, 5) is 12.5. The van der Waals surface area contributed by atoms with Crippen molar-refractivity contribution in [2.45, 2.75) is 57.7 Å². The fourth-order valence-corrected chi connectivity index (χ4v) is 3.40. The minimum Gasteiger partial charge on any atom is -0.490 e. The molecule has 0 aliphatic heterocycles. The van der Waals surface area contributed by atoms with Crippen LogP contribution in [0.15, 0.2) is 42.5 Å². The summed E-state index contributed by atoms with van der Waals surface area (Å²) in [5.74, 6) is 0.421. The summed E-state index contributed by atoms with van der Waals surface area (Å²) in [5, 5.41) is 0. The molecule has 0 atom stereocenters. The van der Waals surface area contributed by atoms with Crippen LogP contribution in [0.3, 0.4) is 0 Å². The van der Waals surface area contributed by atoms with E-state index in [0.717, 1.165) is 54.7 Å². The van der Waals surface area contributed by atoms with Gasteiger partial charge in [0, 0.05) is 12.0 Å². The molecule has 1 saturated carbocycles. The predicted molar refractivity (Wildman–Crippen MR) is 98.2 cm³/mol. The number of carbonyl (C=O) groups excluding carboxylic acids is 1. The van der Waals surface area contributed by atoms with Gasteiger partial charge in [0.05, 0.1) is 11.7 Å². The number of alkyl halides is 3. The first-order chi connectivity index (χ1) is 12.8. The molecule has 0 bridgehead atoms. The molecule has 3 rings (SSSR count). The van der Waals surface area contributed by atoms with Crippen molar-refractivity contribution in [2.24, 2.45) is 0 Å². The van der Waals surface area contributed by atoms with Crippen LogP contribution in [-0.2, 0) is 12.6 Å². The van der Waals surface area contributed by atoms with Crippen molar-refractivity contribution in [1.29, 1.82) is 0 Å². The van der Waals surface area contributed by atoms with Crippen molar-refractivity contribution >= 4 is 5.78 Å². The first-order valence-corrected chi connectivity index (χ1v) is 9.29. The third kappa shape index (κ3) is 5.12. The van der Waals surface area contributed by atoms with Crippen LogP contribution in [0, 0.1) is 6.92 Å². The number of halogens is 3. The summed E-state index contributed by atoms with van der Waals surface area (Å²) >= 11 is 0. The highest BCUT2D eigenvalue weighted by atomic mass is 19.4. The van der Waals surface area contributed by atoms with Gasteiger partial charge >= 0.3 is 6.18 Å². The topological polar surface area (TPSA) is 26.3 Å². The van der Waals surface area contributed by atoms with Crippen molar-refractivity contribution in [3.05, 3.63) is 64.7 Å². The normalized spacial score (nSPS) is 15.6. The molecule has 0 saturated heterocycles. The minimum absolute atomic E-state index is 0.0443. The third-order valence-electron chi connectivity index (χ3n) is 4.97. The van der Waals surface area contributed by atoms with E-state index in [1.807, 2.05) is 25.1 Å². The van der Waals surface area contributed by atoms with E-state index < -0.39 is 11.7 Å². The largest absolute Gasteiger partial charge is 0.490 e. The number of hydrogen-bond acceptors (Lipinski definition) is 2. The average molecular weight is 376 g/mol. The van der Waals surface area contributed by atoms with E-state index in [9.17, 15) is 18.0 Å². The summed E-state index contributed by atoms with van der Waals surface area (Å²) in [7, 11) is 0. The lowest BCUT2D eigenvalue weighted by atomic mass is 9.97. The Morgan fingerprint density at radius 3 is 2.52 bits per heavy atom. The molecule has 0 aromatic heterocycles. The van der Waals surface area contributed by atoms with Gasteiger partial charge in [-0.25, -0.2) is 0 Å². The number of rotatable bonds is 5. The van der Waals surface area contributed by atoms with Crippen molar-refractivity contribution in [3.63, 3.8) is 0 Å². The van der Waals surface area contributed by atoms with Crippen LogP contribution < -0.4 is 4.74 Å². The SMILES string of the molecule is Cc1ccc(CC(=O)c2cccc(C(F)(F)F)c2)cc1OC1CCCCC1. The van der Waals surface area contributed by atoms with E-state index in [-0.39, 0.29) is 23.9 Å². The van der Waals surface area contributed by atoms with E-state index in [2.05, 4.69) is 0 Å². The van der Waals surface area contributed by atoms with Gasteiger partial charge in [-0.15, -0.1) is 0 Å². The Morgan fingerprint density at radius 1 is 1.07 bits per heavy atom. The van der Waals surface area contributed by atoms with Gasteiger partial charge in [-0.2, -0.15) is 13.2 Å². The Hall–Kier alpha value is -2.30. The molecule has 0 unspecified atom stereocenters. The zero-order valence-electron chi connectivity index (χ0n) is 15.3. The lowest BCUT2D eigenvalue weighted by Crippen LogP contribution is -2.20. The highest BCUT2D eigenvalue weighted by molar-refractivity contribution is 5.97. The molecule has 2 aromatic carbocycles. The van der Waals surface area contributed by atoms with Gasteiger partial charge in [-0.3, -0.25) is 4.79 Å². The molecule has 1 fully saturated rings. The summed E-state index contributed by atoms with van der Waals surface area (Å²) in [5.41, 5.74) is 1.00. The highest BCUT2D eigenvalue weighted by Gasteiger charge is 2.30. The van der Waals surface area contributed by atoms with Gasteiger partial charge in [0.1, 0.15) is 5.75 Å². The van der Waals surface area contributed by atoms with Gasteiger partial charge in [0.25, 0.3) is 0 Å². The molecule has 2 nitrogen and oxygen atoms in total. The van der Waals surface area contributed by atoms with Gasteiger partial charge in [-0.05, 0) is 61.9 Å². The van der Waals surface area contributed by atoms with E-state index in [1.165, 1.54) is 18.6 Å². The van der Waals surface area contributed by atoms with Crippen LogP contribution in [0.1, 0.15) is 59.2 Å². The lowest BCUT2D eigenvalue weighted by molar-refractivity contribution is -0.137. The zero-order valence-corrected chi connectivity index (χ0v) is 15.3. The van der Waals surface area contributed by atoms with E-state index in [0.29, 0.717) is 0 Å². The van der Waals surface area contributed by atoms with E-state index >= 15 is 0 Å². The highest BCUT2D eigenvalue weighted by Crippen LogP contribution is 2.30. The molecule has 0 N–H and O–H groups in total. The molecule has 0 radical (unpaired) electrons. The molecule has 0 spiro atoms. The Morgan fingerprint density at radius 2 is 1.81 bits per heavy atom. The van der Waals surface area contributed by atoms with Crippen molar-refractivity contribution in [1.82, 2.24) is 0 Å². The Labute approximate surface area is 157 Å². The molecule has 2 aromatic rings. The van der Waals surface area contributed by atoms with Crippen LogP contribution >= 0.6 is 0 Å². The Kier molecular flexibility index (Phi) is 5.88. The molecule has 27 heavy (non-hydrogen) atoms. The maximum Gasteiger partial charge on any atom is 0.416 e. The van der Waals surface area contributed by atoms with Gasteiger partial charge in [-0.1, -0.05) is 30.7 Å². The number of ether oxygens (including phenoxy) is 1. The number of ketones is 1. The zero-order chi connectivity index (χ0) is 19.4. The first-order valence-electron chi connectivity index (χ1n) is 9.29. The van der Waals surface area contributed by atoms with Crippen molar-refractivity contribution in [3.8, 4) is 5.75 Å². The van der Waals surface area contributed by atoms with Crippen molar-refractivity contribution in [2.75, 3.05) is 0 Å². The number of hydrogen-bond donors (Lipinski definition) is 0. The standard InChI is InChI=1S/C22H23F3O2/c1-15-10-11-16(13-21(15)27-19-8-3-2-4-9-19)12-20(26)17-6-5-7-18(14-17)22(23,24)25/h5-7,10-11,13-14,19H,2-4,8-9,12H2,1H3. The summed E-state index contributed by atoms with van der Waals surface area (Å²) in [6, 6.07) is 10.1. The molecule has 5 heteroatoms. The molecule has 0 amide bonds. The third-order valence-corrected chi connectivity index (χ3v) is 4.97. The van der Waals surface area contributed by atoms with Crippen LogP contribution in [0.4, 0.5) is 13.2 Å². The number of aryl methyl sites for hydroxylation is 1. The molecule has 0 heterocycles. The van der Waals surface area contributed by atoms with Crippen LogP contribution in [0.2, 0.25) is 0 Å². The van der Waals surface area contributed by atoms with Gasteiger partial charge < -0.3 is 4.74 Å². The van der Waals surface area contributed by atoms with Gasteiger partial charge in [0.15, 0.2) is 5.78 Å². The Bertz CT molecular complexity index is 805. The summed E-state index contributed by atoms with van der Waals surface area (Å²) in [6.07, 6.45) is 1.43. The number of Topliss-reactive ketones (excluding diaryl/α,β-unsaturated/α-hetero) is 1. The number of carbonyl (C=O) groups is 1. The van der Waals surface area contributed by atoms with E-state index in [1.54, 1.807) is 0 Å². The van der Waals surface area contributed by atoms with Crippen LogP contribution in [0.25, 0.3) is 0 Å². The molecular formula is C22H23F3O2. The maximum absolute atomic E-state index is 12.9. The number of benzene rings is 2. The minimum atomic E-state index is -4.46. The summed E-state index contributed by atoms with van der Waals surface area (Å²) < 4.78 is 44.7. The molecular weight excluding hydrogens is 353 g/mol. The van der Waals surface area contributed by atoms with E-state index in [4.69, 9.17) is 4.74 Å². The second kappa shape index (κ2) is 8.15.